The van der Waals surface area contributed by atoms with Crippen LogP contribution < -0.4 is 5.43 Å². The van der Waals surface area contributed by atoms with Crippen LogP contribution in [0.1, 0.15) is 44.9 Å². The van der Waals surface area contributed by atoms with E-state index >= 15 is 0 Å². The molecule has 3 rings (SSSR count). The van der Waals surface area contributed by atoms with Gasteiger partial charge in [0, 0.05) is 5.54 Å². The monoisotopic (exact) mass is 251 g/mol. The van der Waals surface area contributed by atoms with Crippen LogP contribution in [-0.4, -0.2) is 48.0 Å². The topological polar surface area (TPSA) is 35.6 Å². The van der Waals surface area contributed by atoms with Gasteiger partial charge in [0.25, 0.3) is 5.91 Å². The molecule has 0 spiro atoms. The summed E-state index contributed by atoms with van der Waals surface area (Å²) < 4.78 is 0. The summed E-state index contributed by atoms with van der Waals surface area (Å²) >= 11 is 0. The van der Waals surface area contributed by atoms with Gasteiger partial charge in [0.05, 0.1) is 6.54 Å². The van der Waals surface area contributed by atoms with Crippen molar-refractivity contribution in [3.63, 3.8) is 0 Å². The van der Waals surface area contributed by atoms with Crippen molar-refractivity contribution >= 4 is 5.91 Å². The summed E-state index contributed by atoms with van der Waals surface area (Å²) in [6, 6.07) is 0.123. The fourth-order valence-corrected chi connectivity index (χ4v) is 3.47. The lowest BCUT2D eigenvalue weighted by Crippen LogP contribution is -2.70. The summed E-state index contributed by atoms with van der Waals surface area (Å²) in [5.41, 5.74) is 3.58. The summed E-state index contributed by atoms with van der Waals surface area (Å²) in [6.07, 6.45) is 8.75. The van der Waals surface area contributed by atoms with Gasteiger partial charge in [-0.25, -0.2) is 5.43 Å². The van der Waals surface area contributed by atoms with Crippen LogP contribution in [-0.2, 0) is 4.79 Å². The first-order valence-electron chi connectivity index (χ1n) is 7.36. The predicted octanol–water partition coefficient (Wildman–Crippen LogP) is 1.38. The van der Waals surface area contributed by atoms with E-state index in [4.69, 9.17) is 0 Å². The van der Waals surface area contributed by atoms with Gasteiger partial charge in [-0.05, 0) is 39.3 Å². The van der Waals surface area contributed by atoms with Crippen LogP contribution in [0.15, 0.2) is 0 Å². The number of nitrogens with zero attached hydrogens (tertiary/aromatic N) is 2. The summed E-state index contributed by atoms with van der Waals surface area (Å²) in [6.45, 7) is 0.861. The quantitative estimate of drug-likeness (QED) is 0.802. The average molecular weight is 251 g/mol. The van der Waals surface area contributed by atoms with Crippen molar-refractivity contribution in [1.82, 2.24) is 15.3 Å². The number of carbonyl (C=O) groups is 1. The number of amides is 1. The van der Waals surface area contributed by atoms with E-state index in [1.807, 2.05) is 5.01 Å². The molecule has 0 aromatic rings. The van der Waals surface area contributed by atoms with Gasteiger partial charge < -0.3 is 4.90 Å². The summed E-state index contributed by atoms with van der Waals surface area (Å²) in [4.78, 5) is 14.4. The Balaban J connectivity index is 1.55. The minimum Gasteiger partial charge on any atom is -0.302 e. The van der Waals surface area contributed by atoms with Crippen LogP contribution in [0.4, 0.5) is 0 Å². The third-order valence-electron chi connectivity index (χ3n) is 5.08. The molecule has 2 saturated carbocycles. The Hall–Kier alpha value is -0.610. The molecule has 1 heterocycles. The number of hydrogen-bond acceptors (Lipinski definition) is 3. The van der Waals surface area contributed by atoms with E-state index in [1.54, 1.807) is 0 Å². The average Bonchev–Trinajstić information content (AvgIpc) is 3.03. The maximum Gasteiger partial charge on any atom is 0.255 e. The van der Waals surface area contributed by atoms with E-state index < -0.39 is 0 Å². The number of nitrogens with one attached hydrogen (secondary N) is 1. The second-order valence-electron chi connectivity index (χ2n) is 6.61. The highest BCUT2D eigenvalue weighted by molar-refractivity contribution is 5.86. The summed E-state index contributed by atoms with van der Waals surface area (Å²) in [5.74, 6) is 1.15. The molecule has 1 amide bonds. The molecule has 4 heteroatoms. The highest BCUT2D eigenvalue weighted by atomic mass is 16.2. The smallest absolute Gasteiger partial charge is 0.255 e. The van der Waals surface area contributed by atoms with E-state index in [-0.39, 0.29) is 11.6 Å². The van der Waals surface area contributed by atoms with E-state index in [0.717, 1.165) is 18.9 Å². The molecule has 2 aliphatic carbocycles. The second kappa shape index (κ2) is 4.49. The lowest BCUT2D eigenvalue weighted by Gasteiger charge is -2.47. The van der Waals surface area contributed by atoms with E-state index in [1.165, 1.54) is 38.5 Å². The van der Waals surface area contributed by atoms with Gasteiger partial charge in [0.15, 0.2) is 0 Å². The first-order valence-corrected chi connectivity index (χ1v) is 7.36. The third kappa shape index (κ3) is 2.16. The molecule has 3 aliphatic rings. The largest absolute Gasteiger partial charge is 0.302 e. The molecule has 1 unspecified atom stereocenters. The molecule has 0 aromatic carbocycles. The van der Waals surface area contributed by atoms with E-state index in [2.05, 4.69) is 24.4 Å². The molecule has 18 heavy (non-hydrogen) atoms. The van der Waals surface area contributed by atoms with Crippen LogP contribution in [0.2, 0.25) is 0 Å². The van der Waals surface area contributed by atoms with Gasteiger partial charge in [-0.1, -0.05) is 25.7 Å². The third-order valence-corrected chi connectivity index (χ3v) is 5.08. The van der Waals surface area contributed by atoms with Crippen molar-refractivity contribution in [1.29, 1.82) is 0 Å². The zero-order valence-corrected chi connectivity index (χ0v) is 11.6. The molecule has 102 valence electrons. The van der Waals surface area contributed by atoms with Gasteiger partial charge in [-0.3, -0.25) is 9.80 Å². The van der Waals surface area contributed by atoms with Crippen molar-refractivity contribution in [3.8, 4) is 0 Å². The fraction of sp³-hybridized carbons (Fsp3) is 0.929. The molecule has 0 bridgehead atoms. The standard InChI is InChI=1S/C14H25N3O/c1-16(2)14(7-3-4-8-14)10-17-13(18)12(15-17)9-11-5-6-11/h11-12,15H,3-10H2,1-2H3. The van der Waals surface area contributed by atoms with Crippen LogP contribution in [0.5, 0.6) is 0 Å². The molecule has 4 nitrogen and oxygen atoms in total. The van der Waals surface area contributed by atoms with Gasteiger partial charge >= 0.3 is 0 Å². The fourth-order valence-electron chi connectivity index (χ4n) is 3.47. The molecule has 0 radical (unpaired) electrons. The predicted molar refractivity (Wildman–Crippen MR) is 70.9 cm³/mol. The highest BCUT2D eigenvalue weighted by Crippen LogP contribution is 2.37. The summed E-state index contributed by atoms with van der Waals surface area (Å²) in [7, 11) is 4.30. The number of hydrogen-bond donors (Lipinski definition) is 1. The zero-order chi connectivity index (χ0) is 12.8. The summed E-state index contributed by atoms with van der Waals surface area (Å²) in [5, 5.41) is 1.87. The Morgan fingerprint density at radius 3 is 2.50 bits per heavy atom. The lowest BCUT2D eigenvalue weighted by atomic mass is 9.94. The molecule has 1 atom stereocenters. The Bertz CT molecular complexity index is 332. The number of likely N-dealkylation sites (N-methyl/N-ethyl adjacent to an activating group) is 1. The van der Waals surface area contributed by atoms with Gasteiger partial charge in [0.1, 0.15) is 6.04 Å². The van der Waals surface area contributed by atoms with Crippen molar-refractivity contribution in [2.75, 3.05) is 20.6 Å². The van der Waals surface area contributed by atoms with Crippen molar-refractivity contribution in [2.24, 2.45) is 5.92 Å². The van der Waals surface area contributed by atoms with Crippen LogP contribution in [0.25, 0.3) is 0 Å². The van der Waals surface area contributed by atoms with Crippen LogP contribution in [0.3, 0.4) is 0 Å². The Morgan fingerprint density at radius 1 is 1.33 bits per heavy atom. The molecular formula is C14H25N3O. The van der Waals surface area contributed by atoms with Gasteiger partial charge in [0.2, 0.25) is 0 Å². The van der Waals surface area contributed by atoms with Gasteiger partial charge in [-0.15, -0.1) is 0 Å². The highest BCUT2D eigenvalue weighted by Gasteiger charge is 2.45. The molecule has 1 N–H and O–H groups in total. The molecule has 3 fully saturated rings. The van der Waals surface area contributed by atoms with Crippen LogP contribution >= 0.6 is 0 Å². The minimum atomic E-state index is 0.123. The van der Waals surface area contributed by atoms with Crippen molar-refractivity contribution < 1.29 is 4.79 Å². The molecule has 1 saturated heterocycles. The first-order chi connectivity index (χ1) is 8.61. The van der Waals surface area contributed by atoms with E-state index in [0.29, 0.717) is 5.91 Å². The first kappa shape index (κ1) is 12.4. The number of rotatable bonds is 5. The van der Waals surface area contributed by atoms with Crippen molar-refractivity contribution in [2.45, 2.75) is 56.5 Å². The second-order valence-corrected chi connectivity index (χ2v) is 6.61. The number of carbonyl (C=O) groups excluding carboxylic acids is 1. The minimum absolute atomic E-state index is 0.123. The Kier molecular flexibility index (Phi) is 3.10. The van der Waals surface area contributed by atoms with Crippen LogP contribution in [0, 0.1) is 5.92 Å². The van der Waals surface area contributed by atoms with Crippen molar-refractivity contribution in [3.05, 3.63) is 0 Å². The van der Waals surface area contributed by atoms with E-state index in [9.17, 15) is 4.79 Å². The van der Waals surface area contributed by atoms with Gasteiger partial charge in [-0.2, -0.15) is 0 Å². The Labute approximate surface area is 110 Å². The molecular weight excluding hydrogens is 226 g/mol. The maximum atomic E-state index is 12.1. The lowest BCUT2D eigenvalue weighted by molar-refractivity contribution is -0.156. The molecule has 0 aromatic heterocycles. The zero-order valence-electron chi connectivity index (χ0n) is 11.6. The maximum absolute atomic E-state index is 12.1. The number of hydrazine groups is 1. The SMILES string of the molecule is CN(C)C1(CN2NC(CC3CC3)C2=O)CCCC1. The normalized spacial score (nSPS) is 30.9. The Morgan fingerprint density at radius 2 is 2.00 bits per heavy atom. The molecule has 1 aliphatic heterocycles.